The van der Waals surface area contributed by atoms with Gasteiger partial charge in [0.05, 0.1) is 17.3 Å². The number of ether oxygens (including phenoxy) is 1. The number of thiazole rings is 1. The number of benzene rings is 1. The molecule has 1 atom stereocenters. The Hall–Kier alpha value is -1.39. The van der Waals surface area contributed by atoms with Crippen LogP contribution in [0.4, 0.5) is 0 Å². The summed E-state index contributed by atoms with van der Waals surface area (Å²) in [6, 6.07) is 8.65. The molecule has 1 aliphatic heterocycles. The van der Waals surface area contributed by atoms with E-state index >= 15 is 0 Å². The van der Waals surface area contributed by atoms with Gasteiger partial charge in [-0.15, -0.1) is 11.3 Å². The van der Waals surface area contributed by atoms with Gasteiger partial charge in [-0.05, 0) is 6.07 Å². The number of hydrogen-bond acceptors (Lipinski definition) is 4. The zero-order chi connectivity index (χ0) is 14.9. The number of fused-ring (bicyclic) bond motifs is 1. The lowest BCUT2D eigenvalue weighted by Crippen LogP contribution is -2.26. The van der Waals surface area contributed by atoms with Gasteiger partial charge in [-0.2, -0.15) is 0 Å². The standard InChI is InChI=1S/C17H22N2OS/c1-17(2,3)16-19-12(11-21-16)10-18-14-8-9-20-15-7-5-4-6-13(14)15/h4-7,11,14,18H,8-10H2,1-3H3. The number of nitrogens with one attached hydrogen (secondary N) is 1. The predicted octanol–water partition coefficient (Wildman–Crippen LogP) is 4.05. The van der Waals surface area contributed by atoms with Crippen molar-refractivity contribution in [2.45, 2.75) is 45.2 Å². The van der Waals surface area contributed by atoms with E-state index in [2.05, 4.69) is 43.6 Å². The zero-order valence-corrected chi connectivity index (χ0v) is 13.7. The van der Waals surface area contributed by atoms with E-state index < -0.39 is 0 Å². The summed E-state index contributed by atoms with van der Waals surface area (Å²) in [5, 5.41) is 6.99. The lowest BCUT2D eigenvalue weighted by molar-refractivity contribution is 0.252. The third-order valence-corrected chi connectivity index (χ3v) is 5.00. The molecule has 4 heteroatoms. The summed E-state index contributed by atoms with van der Waals surface area (Å²) in [5.41, 5.74) is 2.53. The van der Waals surface area contributed by atoms with Crippen LogP contribution in [0.1, 0.15) is 49.5 Å². The lowest BCUT2D eigenvalue weighted by atomic mass is 9.98. The third kappa shape index (κ3) is 3.27. The Kier molecular flexibility index (Phi) is 4.00. The van der Waals surface area contributed by atoms with E-state index in [1.807, 2.05) is 12.1 Å². The summed E-state index contributed by atoms with van der Waals surface area (Å²) in [6.45, 7) is 8.21. The molecule has 2 heterocycles. The predicted molar refractivity (Wildman–Crippen MR) is 86.9 cm³/mol. The molecule has 21 heavy (non-hydrogen) atoms. The molecule has 0 saturated heterocycles. The first-order chi connectivity index (χ1) is 10.0. The number of nitrogens with zero attached hydrogens (tertiary/aromatic N) is 1. The molecule has 0 fully saturated rings. The second-order valence-corrected chi connectivity index (χ2v) is 7.36. The van der Waals surface area contributed by atoms with Crippen LogP contribution in [0.25, 0.3) is 0 Å². The largest absolute Gasteiger partial charge is 0.493 e. The Morgan fingerprint density at radius 3 is 2.90 bits per heavy atom. The van der Waals surface area contributed by atoms with Gasteiger partial charge in [-0.25, -0.2) is 4.98 Å². The SMILES string of the molecule is CC(C)(C)c1nc(CNC2CCOc3ccccc32)cs1. The van der Waals surface area contributed by atoms with E-state index in [1.54, 1.807) is 11.3 Å². The number of para-hydroxylation sites is 1. The molecule has 1 unspecified atom stereocenters. The minimum atomic E-state index is 0.133. The second kappa shape index (κ2) is 5.78. The molecule has 0 amide bonds. The van der Waals surface area contributed by atoms with Crippen LogP contribution < -0.4 is 10.1 Å². The molecule has 0 aliphatic carbocycles. The number of rotatable bonds is 3. The van der Waals surface area contributed by atoms with Gasteiger partial charge in [0, 0.05) is 35.4 Å². The van der Waals surface area contributed by atoms with Crippen molar-refractivity contribution < 1.29 is 4.74 Å². The van der Waals surface area contributed by atoms with Crippen molar-refractivity contribution in [1.82, 2.24) is 10.3 Å². The molecule has 0 radical (unpaired) electrons. The molecule has 2 aromatic rings. The van der Waals surface area contributed by atoms with Crippen LogP contribution in [0.2, 0.25) is 0 Å². The molecular weight excluding hydrogens is 280 g/mol. The Balaban J connectivity index is 1.68. The van der Waals surface area contributed by atoms with Crippen molar-refractivity contribution in [3.63, 3.8) is 0 Å². The van der Waals surface area contributed by atoms with E-state index in [4.69, 9.17) is 9.72 Å². The summed E-state index contributed by atoms with van der Waals surface area (Å²) in [4.78, 5) is 4.75. The molecular formula is C17H22N2OS. The molecule has 1 N–H and O–H groups in total. The van der Waals surface area contributed by atoms with Gasteiger partial charge >= 0.3 is 0 Å². The fraction of sp³-hybridized carbons (Fsp3) is 0.471. The van der Waals surface area contributed by atoms with Crippen molar-refractivity contribution >= 4 is 11.3 Å². The molecule has 1 aromatic carbocycles. The molecule has 1 aromatic heterocycles. The van der Waals surface area contributed by atoms with Crippen LogP contribution in [0.15, 0.2) is 29.6 Å². The van der Waals surface area contributed by atoms with E-state index in [0.717, 1.165) is 31.0 Å². The monoisotopic (exact) mass is 302 g/mol. The topological polar surface area (TPSA) is 34.2 Å². The molecule has 112 valence electrons. The minimum absolute atomic E-state index is 0.133. The fourth-order valence-corrected chi connectivity index (χ4v) is 3.42. The van der Waals surface area contributed by atoms with E-state index in [1.165, 1.54) is 10.6 Å². The molecule has 0 spiro atoms. The Morgan fingerprint density at radius 1 is 1.33 bits per heavy atom. The van der Waals surface area contributed by atoms with Crippen molar-refractivity contribution in [3.05, 3.63) is 45.9 Å². The van der Waals surface area contributed by atoms with Crippen molar-refractivity contribution in [2.75, 3.05) is 6.61 Å². The maximum atomic E-state index is 5.70. The first kappa shape index (κ1) is 14.5. The summed E-state index contributed by atoms with van der Waals surface area (Å²) in [7, 11) is 0. The van der Waals surface area contributed by atoms with Gasteiger partial charge in [0.1, 0.15) is 5.75 Å². The van der Waals surface area contributed by atoms with Crippen molar-refractivity contribution in [1.29, 1.82) is 0 Å². The Labute approximate surface area is 130 Å². The van der Waals surface area contributed by atoms with Gasteiger partial charge in [-0.1, -0.05) is 39.0 Å². The van der Waals surface area contributed by atoms with Crippen molar-refractivity contribution in [3.8, 4) is 5.75 Å². The number of aromatic nitrogens is 1. The molecule has 0 bridgehead atoms. The molecule has 1 aliphatic rings. The average molecular weight is 302 g/mol. The minimum Gasteiger partial charge on any atom is -0.493 e. The second-order valence-electron chi connectivity index (χ2n) is 6.50. The fourth-order valence-electron chi connectivity index (χ4n) is 2.51. The molecule has 0 saturated carbocycles. The van der Waals surface area contributed by atoms with Gasteiger partial charge in [0.15, 0.2) is 0 Å². The highest BCUT2D eigenvalue weighted by atomic mass is 32.1. The number of hydrogen-bond donors (Lipinski definition) is 1. The van der Waals surface area contributed by atoms with E-state index in [0.29, 0.717) is 6.04 Å². The van der Waals surface area contributed by atoms with Gasteiger partial charge in [-0.3, -0.25) is 0 Å². The van der Waals surface area contributed by atoms with Crippen LogP contribution in [0, 0.1) is 0 Å². The van der Waals surface area contributed by atoms with Gasteiger partial charge in [0.25, 0.3) is 0 Å². The maximum Gasteiger partial charge on any atom is 0.124 e. The van der Waals surface area contributed by atoms with Crippen LogP contribution in [-0.4, -0.2) is 11.6 Å². The summed E-state index contributed by atoms with van der Waals surface area (Å²) in [6.07, 6.45) is 1.01. The van der Waals surface area contributed by atoms with Crippen LogP contribution in [-0.2, 0) is 12.0 Å². The summed E-state index contributed by atoms with van der Waals surface area (Å²) in [5.74, 6) is 1.01. The van der Waals surface area contributed by atoms with Gasteiger partial charge < -0.3 is 10.1 Å². The lowest BCUT2D eigenvalue weighted by Gasteiger charge is -2.26. The summed E-state index contributed by atoms with van der Waals surface area (Å²) >= 11 is 1.75. The maximum absolute atomic E-state index is 5.70. The zero-order valence-electron chi connectivity index (χ0n) is 12.8. The Bertz CT molecular complexity index is 615. The molecule has 3 rings (SSSR count). The first-order valence-electron chi connectivity index (χ1n) is 7.44. The Morgan fingerprint density at radius 2 is 2.14 bits per heavy atom. The van der Waals surface area contributed by atoms with E-state index in [-0.39, 0.29) is 5.41 Å². The van der Waals surface area contributed by atoms with Gasteiger partial charge in [0.2, 0.25) is 0 Å². The third-order valence-electron chi connectivity index (χ3n) is 3.68. The molecule has 3 nitrogen and oxygen atoms in total. The average Bonchev–Trinajstić information content (AvgIpc) is 2.94. The smallest absolute Gasteiger partial charge is 0.124 e. The van der Waals surface area contributed by atoms with Crippen LogP contribution >= 0.6 is 11.3 Å². The quantitative estimate of drug-likeness (QED) is 0.928. The van der Waals surface area contributed by atoms with E-state index in [9.17, 15) is 0 Å². The highest BCUT2D eigenvalue weighted by molar-refractivity contribution is 7.09. The van der Waals surface area contributed by atoms with Crippen molar-refractivity contribution in [2.24, 2.45) is 0 Å². The highest BCUT2D eigenvalue weighted by Crippen LogP contribution is 2.32. The highest BCUT2D eigenvalue weighted by Gasteiger charge is 2.21. The van der Waals surface area contributed by atoms with Crippen LogP contribution in [0.3, 0.4) is 0 Å². The normalized spacial score (nSPS) is 18.1. The summed E-state index contributed by atoms with van der Waals surface area (Å²) < 4.78 is 5.70. The van der Waals surface area contributed by atoms with Crippen LogP contribution in [0.5, 0.6) is 5.75 Å². The first-order valence-corrected chi connectivity index (χ1v) is 8.32.